The Labute approximate surface area is 189 Å². The van der Waals surface area contributed by atoms with Crippen molar-refractivity contribution >= 4 is 23.4 Å². The molecule has 1 atom stereocenters. The number of carbonyl (C=O) groups is 2. The molecule has 166 valence electrons. The summed E-state index contributed by atoms with van der Waals surface area (Å²) < 4.78 is 5.72. The second-order valence-corrected chi connectivity index (χ2v) is 8.54. The quantitative estimate of drug-likeness (QED) is 0.601. The minimum atomic E-state index is -0.578. The predicted octanol–water partition coefficient (Wildman–Crippen LogP) is 4.89. The molecule has 0 unspecified atom stereocenters. The van der Waals surface area contributed by atoms with Gasteiger partial charge in [0.25, 0.3) is 5.91 Å². The van der Waals surface area contributed by atoms with E-state index < -0.39 is 6.04 Å². The third-order valence-electron chi connectivity index (χ3n) is 5.77. The summed E-state index contributed by atoms with van der Waals surface area (Å²) in [7, 11) is 0. The number of benzene rings is 2. The number of nitrogens with one attached hydrogen (secondary N) is 1. The fraction of sp³-hybridized carbons (Fsp3) is 0.440. The molecule has 0 aromatic heterocycles. The van der Waals surface area contributed by atoms with Gasteiger partial charge in [0.2, 0.25) is 5.91 Å². The van der Waals surface area contributed by atoms with Crippen LogP contribution in [0.4, 0.5) is 0 Å². The van der Waals surface area contributed by atoms with Gasteiger partial charge in [0.1, 0.15) is 11.8 Å². The Bertz CT molecular complexity index is 879. The zero-order chi connectivity index (χ0) is 22.2. The Hall–Kier alpha value is -2.53. The monoisotopic (exact) mass is 442 g/mol. The molecule has 1 saturated carbocycles. The van der Waals surface area contributed by atoms with Gasteiger partial charge in [0.15, 0.2) is 6.61 Å². The Morgan fingerprint density at radius 1 is 1.13 bits per heavy atom. The fourth-order valence-corrected chi connectivity index (χ4v) is 4.16. The van der Waals surface area contributed by atoms with Gasteiger partial charge in [-0.1, -0.05) is 67.3 Å². The first kappa shape index (κ1) is 23.1. The van der Waals surface area contributed by atoms with Gasteiger partial charge in [-0.25, -0.2) is 0 Å². The minimum Gasteiger partial charge on any atom is -0.484 e. The molecule has 0 saturated heterocycles. The van der Waals surface area contributed by atoms with Gasteiger partial charge in [0, 0.05) is 17.6 Å². The van der Waals surface area contributed by atoms with Crippen molar-refractivity contribution in [1.82, 2.24) is 10.2 Å². The molecule has 3 rings (SSSR count). The van der Waals surface area contributed by atoms with Gasteiger partial charge in [-0.2, -0.15) is 0 Å². The summed E-state index contributed by atoms with van der Waals surface area (Å²) in [5.74, 6) is 0.277. The molecule has 6 heteroatoms. The number of ether oxygens (including phenoxy) is 1. The number of nitrogens with zero attached hydrogens (tertiary/aromatic N) is 1. The van der Waals surface area contributed by atoms with Crippen LogP contribution in [-0.2, 0) is 16.1 Å². The van der Waals surface area contributed by atoms with Crippen LogP contribution in [0.1, 0.15) is 50.2 Å². The lowest BCUT2D eigenvalue weighted by atomic mass is 10.1. The molecule has 1 aliphatic carbocycles. The lowest BCUT2D eigenvalue weighted by Gasteiger charge is -2.31. The Kier molecular flexibility index (Phi) is 8.35. The highest BCUT2D eigenvalue weighted by atomic mass is 35.5. The third-order valence-corrected chi connectivity index (χ3v) is 6.14. The van der Waals surface area contributed by atoms with E-state index in [0.29, 0.717) is 17.2 Å². The van der Waals surface area contributed by atoms with E-state index in [0.717, 1.165) is 36.8 Å². The topological polar surface area (TPSA) is 58.6 Å². The van der Waals surface area contributed by atoms with Crippen molar-refractivity contribution in [3.8, 4) is 5.75 Å². The first-order valence-corrected chi connectivity index (χ1v) is 11.4. The molecule has 0 spiro atoms. The van der Waals surface area contributed by atoms with Crippen molar-refractivity contribution in [3.63, 3.8) is 0 Å². The molecule has 1 N–H and O–H groups in total. The van der Waals surface area contributed by atoms with E-state index in [2.05, 4.69) is 5.32 Å². The van der Waals surface area contributed by atoms with Crippen LogP contribution in [-0.4, -0.2) is 35.4 Å². The summed E-state index contributed by atoms with van der Waals surface area (Å²) in [6.07, 6.45) is 4.77. The van der Waals surface area contributed by atoms with Crippen molar-refractivity contribution < 1.29 is 14.3 Å². The third kappa shape index (κ3) is 6.47. The predicted molar refractivity (Wildman–Crippen MR) is 123 cm³/mol. The van der Waals surface area contributed by atoms with Crippen LogP contribution in [0.5, 0.6) is 5.75 Å². The van der Waals surface area contributed by atoms with Gasteiger partial charge in [-0.15, -0.1) is 0 Å². The number of hydrogen-bond acceptors (Lipinski definition) is 3. The van der Waals surface area contributed by atoms with Crippen LogP contribution < -0.4 is 10.1 Å². The average Bonchev–Trinajstić information content (AvgIpc) is 3.27. The van der Waals surface area contributed by atoms with E-state index in [9.17, 15) is 9.59 Å². The smallest absolute Gasteiger partial charge is 0.261 e. The Morgan fingerprint density at radius 3 is 2.45 bits per heavy atom. The molecule has 31 heavy (non-hydrogen) atoms. The molecule has 0 aliphatic heterocycles. The second kappa shape index (κ2) is 11.2. The van der Waals surface area contributed by atoms with Gasteiger partial charge in [-0.3, -0.25) is 9.59 Å². The highest BCUT2D eigenvalue weighted by Crippen LogP contribution is 2.22. The molecule has 2 aromatic carbocycles. The zero-order valence-electron chi connectivity index (χ0n) is 18.3. The standard InChI is InChI=1S/C25H31ClN2O3/c1-3-23(25(30)27-20-9-5-6-10-20)28(16-19-8-4-7-11-22(19)26)24(29)17-31-21-14-12-18(2)13-15-21/h4,7-8,11-15,20,23H,3,5-6,9-10,16-17H2,1-2H3,(H,27,30)/t23-/m1/s1. The summed E-state index contributed by atoms with van der Waals surface area (Å²) in [5.41, 5.74) is 1.92. The summed E-state index contributed by atoms with van der Waals surface area (Å²) in [4.78, 5) is 27.9. The lowest BCUT2D eigenvalue weighted by Crippen LogP contribution is -2.52. The van der Waals surface area contributed by atoms with E-state index in [1.54, 1.807) is 11.0 Å². The van der Waals surface area contributed by atoms with Crippen LogP contribution in [0.15, 0.2) is 48.5 Å². The normalized spacial score (nSPS) is 14.8. The molecular weight excluding hydrogens is 412 g/mol. The van der Waals surface area contributed by atoms with Crippen molar-refractivity contribution in [2.45, 2.75) is 64.6 Å². The van der Waals surface area contributed by atoms with Crippen LogP contribution in [0.2, 0.25) is 5.02 Å². The largest absolute Gasteiger partial charge is 0.484 e. The van der Waals surface area contributed by atoms with Gasteiger partial charge < -0.3 is 15.0 Å². The van der Waals surface area contributed by atoms with Crippen molar-refractivity contribution in [2.24, 2.45) is 0 Å². The van der Waals surface area contributed by atoms with Crippen molar-refractivity contribution in [3.05, 3.63) is 64.7 Å². The summed E-state index contributed by atoms with van der Waals surface area (Å²) in [6.45, 7) is 4.04. The number of hydrogen-bond donors (Lipinski definition) is 1. The number of halogens is 1. The van der Waals surface area contributed by atoms with Crippen LogP contribution >= 0.6 is 11.6 Å². The summed E-state index contributed by atoms with van der Waals surface area (Å²) in [5, 5.41) is 3.71. The fourth-order valence-electron chi connectivity index (χ4n) is 3.96. The highest BCUT2D eigenvalue weighted by Gasteiger charge is 2.31. The maximum absolute atomic E-state index is 13.2. The summed E-state index contributed by atoms with van der Waals surface area (Å²) >= 11 is 6.36. The molecular formula is C25H31ClN2O3. The maximum Gasteiger partial charge on any atom is 0.261 e. The molecule has 1 aliphatic rings. The van der Waals surface area contributed by atoms with Crippen LogP contribution in [0.25, 0.3) is 0 Å². The molecule has 0 heterocycles. The molecule has 5 nitrogen and oxygen atoms in total. The van der Waals surface area contributed by atoms with E-state index >= 15 is 0 Å². The first-order valence-electron chi connectivity index (χ1n) is 11.0. The Balaban J connectivity index is 1.76. The van der Waals surface area contributed by atoms with E-state index in [1.807, 2.05) is 56.3 Å². The number of rotatable bonds is 9. The molecule has 0 bridgehead atoms. The van der Waals surface area contributed by atoms with Crippen LogP contribution in [0, 0.1) is 6.92 Å². The summed E-state index contributed by atoms with van der Waals surface area (Å²) in [6, 6.07) is 14.6. The van der Waals surface area contributed by atoms with Gasteiger partial charge in [0.05, 0.1) is 0 Å². The molecule has 0 radical (unpaired) electrons. The van der Waals surface area contributed by atoms with Gasteiger partial charge in [-0.05, 0) is 49.9 Å². The lowest BCUT2D eigenvalue weighted by molar-refractivity contribution is -0.143. The van der Waals surface area contributed by atoms with E-state index in [-0.39, 0.29) is 31.0 Å². The zero-order valence-corrected chi connectivity index (χ0v) is 19.0. The minimum absolute atomic E-state index is 0.106. The number of aryl methyl sites for hydroxylation is 1. The molecule has 2 aromatic rings. The molecule has 2 amide bonds. The second-order valence-electron chi connectivity index (χ2n) is 8.13. The van der Waals surface area contributed by atoms with Crippen LogP contribution in [0.3, 0.4) is 0 Å². The average molecular weight is 443 g/mol. The van der Waals surface area contributed by atoms with E-state index in [1.165, 1.54) is 0 Å². The number of carbonyl (C=O) groups excluding carboxylic acids is 2. The van der Waals surface area contributed by atoms with Gasteiger partial charge >= 0.3 is 0 Å². The first-order chi connectivity index (χ1) is 15.0. The van der Waals surface area contributed by atoms with E-state index in [4.69, 9.17) is 16.3 Å². The molecule has 1 fully saturated rings. The number of amides is 2. The highest BCUT2D eigenvalue weighted by molar-refractivity contribution is 6.31. The maximum atomic E-state index is 13.2. The van der Waals surface area contributed by atoms with Crippen molar-refractivity contribution in [1.29, 1.82) is 0 Å². The Morgan fingerprint density at radius 2 is 1.81 bits per heavy atom. The SMILES string of the molecule is CC[C@H](C(=O)NC1CCCC1)N(Cc1ccccc1Cl)C(=O)COc1ccc(C)cc1. The van der Waals surface area contributed by atoms with Crippen molar-refractivity contribution in [2.75, 3.05) is 6.61 Å².